The van der Waals surface area contributed by atoms with Crippen LogP contribution in [0.3, 0.4) is 0 Å². The van der Waals surface area contributed by atoms with Crippen LogP contribution in [0.1, 0.15) is 47.8 Å². The number of aromatic amines is 1. The van der Waals surface area contributed by atoms with Crippen LogP contribution in [0.5, 0.6) is 0 Å². The first kappa shape index (κ1) is 20.7. The van der Waals surface area contributed by atoms with Gasteiger partial charge in [0.2, 0.25) is 0 Å². The fourth-order valence-electron chi connectivity index (χ4n) is 5.63. The second-order valence-corrected chi connectivity index (χ2v) is 9.62. The molecule has 0 atom stereocenters. The van der Waals surface area contributed by atoms with Gasteiger partial charge in [-0.25, -0.2) is 14.5 Å². The van der Waals surface area contributed by atoms with Crippen LogP contribution >= 0.6 is 0 Å². The van der Waals surface area contributed by atoms with Crippen molar-refractivity contribution >= 4 is 16.7 Å². The molecule has 1 aromatic carbocycles. The molecule has 0 aliphatic heterocycles. The molecule has 8 nitrogen and oxygen atoms in total. The standard InChI is InChI=1S/C25H23FN6O2/c1-32-13-16(12-28-32)14-6-20(26)22(27-11-14)24(34)29-17-9-25(10-17)7-15(8-25)21-18-4-2-3-5-19(18)23(33)31-30-21/h2-6,11-13,15,17H,7-10H2,1H3,(H,29,34)(H,31,33). The molecule has 0 radical (unpaired) electrons. The zero-order valence-corrected chi connectivity index (χ0v) is 18.6. The summed E-state index contributed by atoms with van der Waals surface area (Å²) in [6.45, 7) is 0. The molecule has 172 valence electrons. The second kappa shape index (κ2) is 7.58. The fourth-order valence-corrected chi connectivity index (χ4v) is 5.63. The largest absolute Gasteiger partial charge is 0.348 e. The number of rotatable bonds is 4. The summed E-state index contributed by atoms with van der Waals surface area (Å²) in [5, 5.41) is 15.5. The number of pyridine rings is 1. The molecule has 1 amide bonds. The number of carbonyl (C=O) groups excluding carboxylic acids is 1. The summed E-state index contributed by atoms with van der Waals surface area (Å²) in [4.78, 5) is 28.7. The molecule has 3 aromatic heterocycles. The highest BCUT2D eigenvalue weighted by molar-refractivity contribution is 5.93. The van der Waals surface area contributed by atoms with Crippen LogP contribution in [0, 0.1) is 11.2 Å². The number of aromatic nitrogens is 5. The molecular formula is C25H23FN6O2. The first-order chi connectivity index (χ1) is 16.4. The maximum atomic E-state index is 14.6. The van der Waals surface area contributed by atoms with E-state index in [-0.39, 0.29) is 28.6 Å². The van der Waals surface area contributed by atoms with E-state index in [4.69, 9.17) is 0 Å². The number of hydrogen-bond donors (Lipinski definition) is 2. The lowest BCUT2D eigenvalue weighted by Gasteiger charge is -2.57. The minimum Gasteiger partial charge on any atom is -0.348 e. The summed E-state index contributed by atoms with van der Waals surface area (Å²) in [5.41, 5.74) is 2.07. The van der Waals surface area contributed by atoms with E-state index in [1.54, 1.807) is 24.1 Å². The van der Waals surface area contributed by atoms with Crippen LogP contribution in [-0.4, -0.2) is 36.9 Å². The van der Waals surface area contributed by atoms with Gasteiger partial charge in [0.15, 0.2) is 11.5 Å². The van der Waals surface area contributed by atoms with Crippen molar-refractivity contribution in [2.45, 2.75) is 37.6 Å². The van der Waals surface area contributed by atoms with E-state index < -0.39 is 11.7 Å². The SMILES string of the molecule is Cn1cc(-c2cnc(C(=O)NC3CC4(C3)CC(c3n[nH]c(=O)c5ccccc35)C4)c(F)c2)cn1. The molecule has 3 heterocycles. The van der Waals surface area contributed by atoms with E-state index in [2.05, 4.69) is 25.6 Å². The Morgan fingerprint density at radius 3 is 2.62 bits per heavy atom. The highest BCUT2D eigenvalue weighted by atomic mass is 19.1. The van der Waals surface area contributed by atoms with Gasteiger partial charge < -0.3 is 5.32 Å². The van der Waals surface area contributed by atoms with Gasteiger partial charge in [0, 0.05) is 47.9 Å². The number of aryl methyl sites for hydroxylation is 1. The van der Waals surface area contributed by atoms with E-state index in [0.29, 0.717) is 10.9 Å². The minimum atomic E-state index is -0.646. The number of fused-ring (bicyclic) bond motifs is 1. The van der Waals surface area contributed by atoms with Crippen LogP contribution in [-0.2, 0) is 7.05 Å². The Labute approximate surface area is 194 Å². The fraction of sp³-hybridized carbons (Fsp3) is 0.320. The lowest BCUT2D eigenvalue weighted by molar-refractivity contribution is -0.0197. The maximum Gasteiger partial charge on any atom is 0.273 e. The second-order valence-electron chi connectivity index (χ2n) is 9.62. The first-order valence-corrected chi connectivity index (χ1v) is 11.3. The molecule has 9 heteroatoms. The van der Waals surface area contributed by atoms with Gasteiger partial charge in [-0.15, -0.1) is 0 Å². The highest BCUT2D eigenvalue weighted by Gasteiger charge is 2.54. The number of benzene rings is 1. The van der Waals surface area contributed by atoms with Crippen LogP contribution in [0.4, 0.5) is 4.39 Å². The molecule has 2 saturated carbocycles. The molecule has 2 fully saturated rings. The zero-order chi connectivity index (χ0) is 23.4. The molecule has 34 heavy (non-hydrogen) atoms. The van der Waals surface area contributed by atoms with Gasteiger partial charge in [-0.1, -0.05) is 18.2 Å². The molecule has 2 N–H and O–H groups in total. The summed E-state index contributed by atoms with van der Waals surface area (Å²) < 4.78 is 16.2. The topological polar surface area (TPSA) is 106 Å². The molecule has 0 unspecified atom stereocenters. The zero-order valence-electron chi connectivity index (χ0n) is 18.6. The Morgan fingerprint density at radius 1 is 1.15 bits per heavy atom. The van der Waals surface area contributed by atoms with Gasteiger partial charge in [0.25, 0.3) is 11.5 Å². The number of carbonyl (C=O) groups is 1. The van der Waals surface area contributed by atoms with E-state index in [0.717, 1.165) is 42.3 Å². The van der Waals surface area contributed by atoms with Gasteiger partial charge in [0.05, 0.1) is 17.3 Å². The van der Waals surface area contributed by atoms with Gasteiger partial charge in [-0.2, -0.15) is 10.2 Å². The van der Waals surface area contributed by atoms with Crippen molar-refractivity contribution in [2.75, 3.05) is 0 Å². The normalized spacial score (nSPS) is 23.5. The molecule has 0 bridgehead atoms. The van der Waals surface area contributed by atoms with Crippen molar-refractivity contribution in [3.63, 3.8) is 0 Å². The predicted octanol–water partition coefficient (Wildman–Crippen LogP) is 3.31. The van der Waals surface area contributed by atoms with E-state index in [1.165, 1.54) is 12.3 Å². The number of halogens is 1. The predicted molar refractivity (Wildman–Crippen MR) is 124 cm³/mol. The molecule has 4 aromatic rings. The molecule has 1 spiro atoms. The summed E-state index contributed by atoms with van der Waals surface area (Å²) in [6, 6.07) is 8.87. The Morgan fingerprint density at radius 2 is 1.91 bits per heavy atom. The van der Waals surface area contributed by atoms with Crippen LogP contribution in [0.25, 0.3) is 21.9 Å². The van der Waals surface area contributed by atoms with Crippen molar-refractivity contribution < 1.29 is 9.18 Å². The molecule has 2 aliphatic carbocycles. The molecule has 6 rings (SSSR count). The van der Waals surface area contributed by atoms with Crippen LogP contribution in [0.2, 0.25) is 0 Å². The number of nitrogens with zero attached hydrogens (tertiary/aromatic N) is 4. The van der Waals surface area contributed by atoms with Gasteiger partial charge in [-0.05, 0) is 43.2 Å². The molecule has 0 saturated heterocycles. The Bertz CT molecular complexity index is 1480. The average molecular weight is 458 g/mol. The van der Waals surface area contributed by atoms with Gasteiger partial charge >= 0.3 is 0 Å². The smallest absolute Gasteiger partial charge is 0.273 e. The number of nitrogens with one attached hydrogen (secondary N) is 2. The van der Waals surface area contributed by atoms with E-state index >= 15 is 0 Å². The third kappa shape index (κ3) is 3.39. The number of hydrogen-bond acceptors (Lipinski definition) is 5. The van der Waals surface area contributed by atoms with Crippen molar-refractivity contribution in [1.29, 1.82) is 0 Å². The maximum absolute atomic E-state index is 14.6. The van der Waals surface area contributed by atoms with Crippen LogP contribution < -0.4 is 10.9 Å². The third-order valence-corrected chi connectivity index (χ3v) is 7.26. The van der Waals surface area contributed by atoms with Crippen molar-refractivity contribution in [1.82, 2.24) is 30.3 Å². The average Bonchev–Trinajstić information content (AvgIpc) is 3.21. The number of H-pyrrole nitrogens is 1. The van der Waals surface area contributed by atoms with Crippen molar-refractivity contribution in [3.05, 3.63) is 76.5 Å². The first-order valence-electron chi connectivity index (χ1n) is 11.3. The minimum absolute atomic E-state index is 0.00735. The van der Waals surface area contributed by atoms with Gasteiger partial charge in [-0.3, -0.25) is 14.3 Å². The van der Waals surface area contributed by atoms with Crippen molar-refractivity contribution in [2.24, 2.45) is 12.5 Å². The summed E-state index contributed by atoms with van der Waals surface area (Å²) >= 11 is 0. The lowest BCUT2D eigenvalue weighted by atomic mass is 9.49. The van der Waals surface area contributed by atoms with Crippen molar-refractivity contribution in [3.8, 4) is 11.1 Å². The quantitative estimate of drug-likeness (QED) is 0.488. The Kier molecular flexibility index (Phi) is 4.62. The summed E-state index contributed by atoms with van der Waals surface area (Å²) in [7, 11) is 1.78. The van der Waals surface area contributed by atoms with E-state index in [1.807, 2.05) is 24.3 Å². The summed E-state index contributed by atoms with van der Waals surface area (Å²) in [5.74, 6) is -0.843. The van der Waals surface area contributed by atoms with E-state index in [9.17, 15) is 14.0 Å². The lowest BCUT2D eigenvalue weighted by Crippen LogP contribution is -2.56. The summed E-state index contributed by atoms with van der Waals surface area (Å²) in [6.07, 6.45) is 8.53. The van der Waals surface area contributed by atoms with Crippen LogP contribution in [0.15, 0.2) is 53.7 Å². The monoisotopic (exact) mass is 458 g/mol. The molecule has 2 aliphatic rings. The Hall–Kier alpha value is -3.88. The molecular weight excluding hydrogens is 435 g/mol. The Balaban J connectivity index is 1.08. The highest BCUT2D eigenvalue weighted by Crippen LogP contribution is 2.62. The third-order valence-electron chi connectivity index (χ3n) is 7.26. The number of amides is 1. The van der Waals surface area contributed by atoms with Gasteiger partial charge in [0.1, 0.15) is 0 Å².